The standard InChI is InChI=1S/C17H27N3O3/c1-2-3-10-23-15-8-9-16(17(11-15)20(21)22)19-12-13-4-6-14(18)7-5-13/h8-9,11,13-14,19H,2-7,10,12,18H2,1H3/t13-,14-. The average Bonchev–Trinajstić information content (AvgIpc) is 2.55. The number of unbranched alkanes of at least 4 members (excludes halogenated alkanes) is 1. The highest BCUT2D eigenvalue weighted by atomic mass is 16.6. The molecule has 1 aliphatic rings. The fourth-order valence-electron chi connectivity index (χ4n) is 2.88. The highest BCUT2D eigenvalue weighted by molar-refractivity contribution is 5.63. The Balaban J connectivity index is 1.95. The van der Waals surface area contributed by atoms with Crippen LogP contribution < -0.4 is 15.8 Å². The molecule has 0 atom stereocenters. The van der Waals surface area contributed by atoms with Gasteiger partial charge in [-0.1, -0.05) is 13.3 Å². The topological polar surface area (TPSA) is 90.4 Å². The Kier molecular flexibility index (Phi) is 6.65. The van der Waals surface area contributed by atoms with Crippen LogP contribution in [-0.4, -0.2) is 24.1 Å². The quantitative estimate of drug-likeness (QED) is 0.433. The fourth-order valence-corrected chi connectivity index (χ4v) is 2.88. The van der Waals surface area contributed by atoms with E-state index < -0.39 is 0 Å². The minimum atomic E-state index is -0.355. The molecular formula is C17H27N3O3. The Morgan fingerprint density at radius 3 is 2.74 bits per heavy atom. The molecule has 1 aliphatic carbocycles. The molecule has 23 heavy (non-hydrogen) atoms. The van der Waals surface area contributed by atoms with Crippen LogP contribution in [0.5, 0.6) is 5.75 Å². The summed E-state index contributed by atoms with van der Waals surface area (Å²) in [5, 5.41) is 14.5. The SMILES string of the molecule is CCCCOc1ccc(NC[C@H]2CC[C@H](N)CC2)c([N+](=O)[O-])c1. The van der Waals surface area contributed by atoms with Crippen molar-refractivity contribution >= 4 is 11.4 Å². The van der Waals surface area contributed by atoms with Crippen molar-refractivity contribution in [3.8, 4) is 5.75 Å². The Bertz CT molecular complexity index is 514. The van der Waals surface area contributed by atoms with Crippen molar-refractivity contribution in [1.29, 1.82) is 0 Å². The fraction of sp³-hybridized carbons (Fsp3) is 0.647. The van der Waals surface area contributed by atoms with Gasteiger partial charge in [0.25, 0.3) is 5.69 Å². The highest BCUT2D eigenvalue weighted by Gasteiger charge is 2.20. The number of nitrogens with zero attached hydrogens (tertiary/aromatic N) is 1. The number of nitro benzene ring substituents is 1. The lowest BCUT2D eigenvalue weighted by atomic mass is 9.86. The summed E-state index contributed by atoms with van der Waals surface area (Å²) in [7, 11) is 0. The van der Waals surface area contributed by atoms with Gasteiger partial charge in [-0.3, -0.25) is 10.1 Å². The maximum Gasteiger partial charge on any atom is 0.296 e. The lowest BCUT2D eigenvalue weighted by molar-refractivity contribution is -0.384. The highest BCUT2D eigenvalue weighted by Crippen LogP contribution is 2.30. The second-order valence-electron chi connectivity index (χ2n) is 6.30. The molecule has 0 spiro atoms. The lowest BCUT2D eigenvalue weighted by Crippen LogP contribution is -2.29. The van der Waals surface area contributed by atoms with Crippen molar-refractivity contribution in [2.45, 2.75) is 51.5 Å². The van der Waals surface area contributed by atoms with Crippen molar-refractivity contribution < 1.29 is 9.66 Å². The monoisotopic (exact) mass is 321 g/mol. The van der Waals surface area contributed by atoms with Crippen LogP contribution in [0.4, 0.5) is 11.4 Å². The second kappa shape index (κ2) is 8.72. The molecule has 1 aromatic carbocycles. The van der Waals surface area contributed by atoms with Crippen LogP contribution in [0.2, 0.25) is 0 Å². The normalized spacial score (nSPS) is 21.0. The minimum absolute atomic E-state index is 0.0755. The number of ether oxygens (including phenoxy) is 1. The molecular weight excluding hydrogens is 294 g/mol. The Morgan fingerprint density at radius 1 is 1.35 bits per heavy atom. The van der Waals surface area contributed by atoms with E-state index in [0.29, 0.717) is 30.0 Å². The van der Waals surface area contributed by atoms with Gasteiger partial charge in [-0.05, 0) is 50.2 Å². The van der Waals surface area contributed by atoms with Gasteiger partial charge in [0.2, 0.25) is 0 Å². The third-order valence-corrected chi connectivity index (χ3v) is 4.41. The molecule has 6 nitrogen and oxygen atoms in total. The van der Waals surface area contributed by atoms with E-state index in [1.54, 1.807) is 12.1 Å². The summed E-state index contributed by atoms with van der Waals surface area (Å²) in [4.78, 5) is 10.9. The van der Waals surface area contributed by atoms with E-state index in [0.717, 1.165) is 45.1 Å². The van der Waals surface area contributed by atoms with Crippen LogP contribution in [0.15, 0.2) is 18.2 Å². The van der Waals surface area contributed by atoms with E-state index in [1.807, 2.05) is 0 Å². The van der Waals surface area contributed by atoms with E-state index in [2.05, 4.69) is 12.2 Å². The summed E-state index contributed by atoms with van der Waals surface area (Å²) in [5.41, 5.74) is 6.55. The third kappa shape index (κ3) is 5.39. The van der Waals surface area contributed by atoms with Gasteiger partial charge in [0.15, 0.2) is 0 Å². The first-order valence-corrected chi connectivity index (χ1v) is 8.50. The van der Waals surface area contributed by atoms with E-state index in [9.17, 15) is 10.1 Å². The van der Waals surface area contributed by atoms with Gasteiger partial charge in [-0.15, -0.1) is 0 Å². The number of nitrogens with two attached hydrogens (primary N) is 1. The molecule has 0 unspecified atom stereocenters. The molecule has 2 rings (SSSR count). The van der Waals surface area contributed by atoms with Gasteiger partial charge in [0, 0.05) is 12.6 Å². The number of rotatable bonds is 8. The van der Waals surface area contributed by atoms with Gasteiger partial charge in [-0.2, -0.15) is 0 Å². The van der Waals surface area contributed by atoms with Gasteiger partial charge < -0.3 is 15.8 Å². The van der Waals surface area contributed by atoms with Crippen LogP contribution in [0, 0.1) is 16.0 Å². The van der Waals surface area contributed by atoms with Gasteiger partial charge in [0.1, 0.15) is 11.4 Å². The van der Waals surface area contributed by atoms with Gasteiger partial charge >= 0.3 is 0 Å². The predicted molar refractivity (Wildman–Crippen MR) is 91.9 cm³/mol. The van der Waals surface area contributed by atoms with E-state index in [1.165, 1.54) is 6.07 Å². The van der Waals surface area contributed by atoms with Crippen molar-refractivity contribution in [2.75, 3.05) is 18.5 Å². The summed E-state index contributed by atoms with van der Waals surface area (Å²) in [5.74, 6) is 1.09. The summed E-state index contributed by atoms with van der Waals surface area (Å²) in [6.45, 7) is 3.42. The van der Waals surface area contributed by atoms with E-state index >= 15 is 0 Å². The zero-order valence-corrected chi connectivity index (χ0v) is 13.8. The first-order chi connectivity index (χ1) is 11.1. The largest absolute Gasteiger partial charge is 0.493 e. The molecule has 1 saturated carbocycles. The maximum absolute atomic E-state index is 11.3. The van der Waals surface area contributed by atoms with Crippen molar-refractivity contribution in [1.82, 2.24) is 0 Å². The summed E-state index contributed by atoms with van der Waals surface area (Å²) >= 11 is 0. The van der Waals surface area contributed by atoms with Crippen LogP contribution in [0.3, 0.4) is 0 Å². The van der Waals surface area contributed by atoms with E-state index in [-0.39, 0.29) is 10.6 Å². The van der Waals surface area contributed by atoms with Crippen molar-refractivity contribution in [3.63, 3.8) is 0 Å². The molecule has 0 aromatic heterocycles. The molecule has 0 bridgehead atoms. The average molecular weight is 321 g/mol. The van der Waals surface area contributed by atoms with Crippen molar-refractivity contribution in [2.24, 2.45) is 11.7 Å². The molecule has 1 aromatic rings. The minimum Gasteiger partial charge on any atom is -0.493 e. The van der Waals surface area contributed by atoms with Gasteiger partial charge in [-0.25, -0.2) is 0 Å². The molecule has 6 heteroatoms. The van der Waals surface area contributed by atoms with Crippen LogP contribution in [0.1, 0.15) is 45.4 Å². The van der Waals surface area contributed by atoms with Gasteiger partial charge in [0.05, 0.1) is 17.6 Å². The molecule has 0 aliphatic heterocycles. The van der Waals surface area contributed by atoms with Crippen LogP contribution in [-0.2, 0) is 0 Å². The number of benzene rings is 1. The molecule has 0 radical (unpaired) electrons. The summed E-state index contributed by atoms with van der Waals surface area (Å²) in [6.07, 6.45) is 6.22. The number of nitrogens with one attached hydrogen (secondary N) is 1. The first-order valence-electron chi connectivity index (χ1n) is 8.50. The van der Waals surface area contributed by atoms with Crippen molar-refractivity contribution in [3.05, 3.63) is 28.3 Å². The maximum atomic E-state index is 11.3. The first kappa shape index (κ1) is 17.5. The molecule has 0 amide bonds. The number of hydrogen-bond acceptors (Lipinski definition) is 5. The Labute approximate surface area is 137 Å². The zero-order valence-electron chi connectivity index (χ0n) is 13.8. The second-order valence-corrected chi connectivity index (χ2v) is 6.30. The summed E-state index contributed by atoms with van der Waals surface area (Å²) < 4.78 is 5.55. The van der Waals surface area contributed by atoms with E-state index in [4.69, 9.17) is 10.5 Å². The number of hydrogen-bond donors (Lipinski definition) is 2. The van der Waals surface area contributed by atoms with Crippen LogP contribution >= 0.6 is 0 Å². The molecule has 0 saturated heterocycles. The Hall–Kier alpha value is -1.82. The third-order valence-electron chi connectivity index (χ3n) is 4.41. The van der Waals surface area contributed by atoms with Crippen LogP contribution in [0.25, 0.3) is 0 Å². The lowest BCUT2D eigenvalue weighted by Gasteiger charge is -2.26. The smallest absolute Gasteiger partial charge is 0.296 e. The predicted octanol–water partition coefficient (Wildman–Crippen LogP) is 3.70. The number of anilines is 1. The molecule has 3 N–H and O–H groups in total. The zero-order chi connectivity index (χ0) is 16.7. The molecule has 128 valence electrons. The Morgan fingerprint density at radius 2 is 2.09 bits per heavy atom. The summed E-state index contributed by atoms with van der Waals surface area (Å²) in [6, 6.07) is 5.37. The molecule has 1 fully saturated rings. The number of nitro groups is 1. The molecule has 0 heterocycles.